The number of halogens is 1. The van der Waals surface area contributed by atoms with Crippen LogP contribution in [0.1, 0.15) is 10.6 Å². The molecule has 0 aliphatic carbocycles. The number of anilines is 1. The molecule has 2 heterocycles. The van der Waals surface area contributed by atoms with Crippen LogP contribution in [0.2, 0.25) is 0 Å². The van der Waals surface area contributed by atoms with Gasteiger partial charge < -0.3 is 14.5 Å². The van der Waals surface area contributed by atoms with Crippen molar-refractivity contribution in [1.29, 1.82) is 0 Å². The van der Waals surface area contributed by atoms with Crippen LogP contribution in [0.25, 0.3) is 0 Å². The van der Waals surface area contributed by atoms with Gasteiger partial charge in [-0.3, -0.25) is 4.79 Å². The van der Waals surface area contributed by atoms with Crippen molar-refractivity contribution in [3.63, 3.8) is 0 Å². The van der Waals surface area contributed by atoms with Crippen molar-refractivity contribution in [2.24, 2.45) is 0 Å². The number of nitrogens with one attached hydrogen (secondary N) is 1. The zero-order valence-corrected chi connectivity index (χ0v) is 11.3. The molecule has 0 bridgehead atoms. The highest BCUT2D eigenvalue weighted by molar-refractivity contribution is 6.02. The molecule has 0 atom stereocenters. The fraction of sp³-hybridized carbons (Fsp3) is 0. The Morgan fingerprint density at radius 2 is 1.95 bits per heavy atom. The largest absolute Gasteiger partial charge is 0.459 e. The standard InChI is InChI=1S/C16H11FN2O3/c17-11-3-6-13(7-4-11)22-15-8-5-12(10-18-15)19-16(20)14-2-1-9-21-14/h1-10H,(H,19,20). The van der Waals surface area contributed by atoms with Crippen LogP contribution in [0, 0.1) is 5.82 Å². The number of pyridine rings is 1. The lowest BCUT2D eigenvalue weighted by Gasteiger charge is -2.06. The Kier molecular flexibility index (Phi) is 3.82. The third kappa shape index (κ3) is 3.29. The molecule has 0 radical (unpaired) electrons. The summed E-state index contributed by atoms with van der Waals surface area (Å²) in [5.41, 5.74) is 0.507. The second kappa shape index (κ2) is 6.09. The number of hydrogen-bond donors (Lipinski definition) is 1. The summed E-state index contributed by atoms with van der Waals surface area (Å²) in [6, 6.07) is 12.0. The van der Waals surface area contributed by atoms with Gasteiger partial charge in [0, 0.05) is 6.07 Å². The Labute approximate surface area is 125 Å². The van der Waals surface area contributed by atoms with Crippen molar-refractivity contribution in [3.8, 4) is 11.6 Å². The maximum atomic E-state index is 12.8. The van der Waals surface area contributed by atoms with E-state index in [9.17, 15) is 9.18 Å². The summed E-state index contributed by atoms with van der Waals surface area (Å²) in [6.45, 7) is 0. The normalized spacial score (nSPS) is 10.2. The topological polar surface area (TPSA) is 64.4 Å². The monoisotopic (exact) mass is 298 g/mol. The highest BCUT2D eigenvalue weighted by Crippen LogP contribution is 2.20. The molecule has 0 unspecified atom stereocenters. The lowest BCUT2D eigenvalue weighted by molar-refractivity contribution is 0.0996. The number of carbonyl (C=O) groups is 1. The third-order valence-corrected chi connectivity index (χ3v) is 2.78. The summed E-state index contributed by atoms with van der Waals surface area (Å²) in [7, 11) is 0. The molecule has 5 nitrogen and oxygen atoms in total. The molecule has 22 heavy (non-hydrogen) atoms. The maximum Gasteiger partial charge on any atom is 0.291 e. The first-order valence-electron chi connectivity index (χ1n) is 6.45. The molecule has 110 valence electrons. The predicted octanol–water partition coefficient (Wildman–Crippen LogP) is 3.86. The first kappa shape index (κ1) is 13.8. The number of benzene rings is 1. The molecule has 0 aliphatic heterocycles. The van der Waals surface area contributed by atoms with Gasteiger partial charge in [0.15, 0.2) is 5.76 Å². The Balaban J connectivity index is 1.65. The van der Waals surface area contributed by atoms with Gasteiger partial charge in [0.05, 0.1) is 18.1 Å². The van der Waals surface area contributed by atoms with E-state index in [0.29, 0.717) is 17.3 Å². The van der Waals surface area contributed by atoms with E-state index >= 15 is 0 Å². The van der Waals surface area contributed by atoms with Crippen LogP contribution < -0.4 is 10.1 Å². The van der Waals surface area contributed by atoms with E-state index in [4.69, 9.17) is 9.15 Å². The zero-order valence-electron chi connectivity index (χ0n) is 11.3. The van der Waals surface area contributed by atoms with E-state index in [1.165, 1.54) is 36.7 Å². The van der Waals surface area contributed by atoms with Gasteiger partial charge in [0.1, 0.15) is 11.6 Å². The summed E-state index contributed by atoms with van der Waals surface area (Å²) >= 11 is 0. The van der Waals surface area contributed by atoms with Crippen molar-refractivity contribution in [3.05, 3.63) is 72.6 Å². The molecule has 0 saturated carbocycles. The summed E-state index contributed by atoms with van der Waals surface area (Å²) in [5.74, 6) is 0.325. The molecule has 6 heteroatoms. The van der Waals surface area contributed by atoms with Crippen LogP contribution in [0.15, 0.2) is 65.4 Å². The number of rotatable bonds is 4. The molecule has 0 spiro atoms. The van der Waals surface area contributed by atoms with Crippen molar-refractivity contribution < 1.29 is 18.3 Å². The highest BCUT2D eigenvalue weighted by atomic mass is 19.1. The SMILES string of the molecule is O=C(Nc1ccc(Oc2ccc(F)cc2)nc1)c1ccco1. The second-order valence-electron chi connectivity index (χ2n) is 4.37. The van der Waals surface area contributed by atoms with Crippen LogP contribution in [0.4, 0.5) is 10.1 Å². The zero-order chi connectivity index (χ0) is 15.4. The van der Waals surface area contributed by atoms with Gasteiger partial charge in [-0.1, -0.05) is 0 Å². The maximum absolute atomic E-state index is 12.8. The van der Waals surface area contributed by atoms with Crippen LogP contribution in [0.5, 0.6) is 11.6 Å². The van der Waals surface area contributed by atoms with Crippen molar-refractivity contribution in [2.75, 3.05) is 5.32 Å². The van der Waals surface area contributed by atoms with Crippen molar-refractivity contribution in [2.45, 2.75) is 0 Å². The van der Waals surface area contributed by atoms with E-state index in [2.05, 4.69) is 10.3 Å². The Morgan fingerprint density at radius 3 is 2.59 bits per heavy atom. The second-order valence-corrected chi connectivity index (χ2v) is 4.37. The van der Waals surface area contributed by atoms with Crippen LogP contribution in [-0.4, -0.2) is 10.9 Å². The van der Waals surface area contributed by atoms with Crippen molar-refractivity contribution >= 4 is 11.6 Å². The van der Waals surface area contributed by atoms with Gasteiger partial charge in [0.25, 0.3) is 5.91 Å². The third-order valence-electron chi connectivity index (χ3n) is 2.78. The van der Waals surface area contributed by atoms with E-state index < -0.39 is 0 Å². The number of nitrogens with zero attached hydrogens (tertiary/aromatic N) is 1. The van der Waals surface area contributed by atoms with Crippen LogP contribution in [-0.2, 0) is 0 Å². The minimum atomic E-state index is -0.362. The minimum Gasteiger partial charge on any atom is -0.459 e. The van der Waals surface area contributed by atoms with Gasteiger partial charge in [-0.25, -0.2) is 9.37 Å². The van der Waals surface area contributed by atoms with Gasteiger partial charge in [-0.2, -0.15) is 0 Å². The molecular weight excluding hydrogens is 287 g/mol. The fourth-order valence-corrected chi connectivity index (χ4v) is 1.74. The van der Waals surface area contributed by atoms with Gasteiger partial charge in [-0.15, -0.1) is 0 Å². The predicted molar refractivity (Wildman–Crippen MR) is 77.4 cm³/mol. The molecule has 1 amide bonds. The lowest BCUT2D eigenvalue weighted by Crippen LogP contribution is -2.10. The Morgan fingerprint density at radius 1 is 1.14 bits per heavy atom. The fourth-order valence-electron chi connectivity index (χ4n) is 1.74. The Bertz CT molecular complexity index is 753. The lowest BCUT2D eigenvalue weighted by atomic mass is 10.3. The van der Waals surface area contributed by atoms with Crippen molar-refractivity contribution in [1.82, 2.24) is 4.98 Å². The van der Waals surface area contributed by atoms with Crippen LogP contribution >= 0.6 is 0 Å². The summed E-state index contributed by atoms with van der Waals surface area (Å²) in [5, 5.41) is 2.64. The van der Waals surface area contributed by atoms with Gasteiger partial charge in [0.2, 0.25) is 5.88 Å². The van der Waals surface area contributed by atoms with Crippen LogP contribution in [0.3, 0.4) is 0 Å². The molecule has 3 aromatic rings. The summed E-state index contributed by atoms with van der Waals surface area (Å²) in [6.07, 6.45) is 2.88. The molecule has 3 rings (SSSR count). The van der Waals surface area contributed by atoms with E-state index in [1.54, 1.807) is 24.3 Å². The first-order valence-corrected chi connectivity index (χ1v) is 6.45. The van der Waals surface area contributed by atoms with Gasteiger partial charge in [-0.05, 0) is 42.5 Å². The average Bonchev–Trinajstić information content (AvgIpc) is 3.06. The smallest absolute Gasteiger partial charge is 0.291 e. The van der Waals surface area contributed by atoms with E-state index in [1.807, 2.05) is 0 Å². The molecule has 1 N–H and O–H groups in total. The summed E-state index contributed by atoms with van der Waals surface area (Å²) in [4.78, 5) is 15.9. The van der Waals surface area contributed by atoms with Gasteiger partial charge >= 0.3 is 0 Å². The quantitative estimate of drug-likeness (QED) is 0.794. The van der Waals surface area contributed by atoms with E-state index in [0.717, 1.165) is 0 Å². The first-order chi connectivity index (χ1) is 10.7. The molecule has 0 saturated heterocycles. The number of carbonyl (C=O) groups excluding carboxylic acids is 1. The number of ether oxygens (including phenoxy) is 1. The number of aromatic nitrogens is 1. The number of amides is 1. The number of furan rings is 1. The molecule has 1 aromatic carbocycles. The minimum absolute atomic E-state index is 0.214. The molecule has 2 aromatic heterocycles. The number of hydrogen-bond acceptors (Lipinski definition) is 4. The average molecular weight is 298 g/mol. The summed E-state index contributed by atoms with van der Waals surface area (Å²) < 4.78 is 23.2. The highest BCUT2D eigenvalue weighted by Gasteiger charge is 2.09. The molecule has 0 fully saturated rings. The molecule has 0 aliphatic rings. The van der Waals surface area contributed by atoms with E-state index in [-0.39, 0.29) is 17.5 Å². The Hall–Kier alpha value is -3.15. The molecular formula is C16H11FN2O3.